The van der Waals surface area contributed by atoms with Crippen molar-refractivity contribution in [3.8, 4) is 0 Å². The molecule has 1 saturated heterocycles. The number of hydrogen-bond donors (Lipinski definition) is 0. The maximum Gasteiger partial charge on any atom is 0.104 e. The Morgan fingerprint density at radius 1 is 0.867 bits per heavy atom. The van der Waals surface area contributed by atoms with E-state index < -0.39 is 0 Å². The van der Waals surface area contributed by atoms with Crippen LogP contribution in [0, 0.1) is 0 Å². The molecule has 1 radical (unpaired) electrons. The monoisotopic (exact) mass is 487 g/mol. The van der Waals surface area contributed by atoms with Crippen molar-refractivity contribution in [1.82, 2.24) is 0 Å². The molecule has 0 spiro atoms. The second kappa shape index (κ2) is 13.8. The fraction of sp³-hybridized carbons (Fsp3) is 0.571. The second-order valence-corrected chi connectivity index (χ2v) is 9.36. The Bertz CT molecular complexity index is 684. The van der Waals surface area contributed by atoms with Crippen LogP contribution in [0.4, 0.5) is 0 Å². The molecule has 30 heavy (non-hydrogen) atoms. The van der Waals surface area contributed by atoms with Crippen LogP contribution in [0.15, 0.2) is 54.6 Å². The van der Waals surface area contributed by atoms with Gasteiger partial charge in [-0.1, -0.05) is 97.6 Å². The minimum Gasteiger partial charge on any atom is -0.322 e. The van der Waals surface area contributed by atoms with Crippen molar-refractivity contribution in [3.63, 3.8) is 0 Å². The maximum atomic E-state index is 2.41. The van der Waals surface area contributed by atoms with Gasteiger partial charge >= 0.3 is 0 Å². The molecule has 1 fully saturated rings. The van der Waals surface area contributed by atoms with Crippen LogP contribution in [0.25, 0.3) is 0 Å². The van der Waals surface area contributed by atoms with Gasteiger partial charge in [-0.15, -0.1) is 0 Å². The predicted octanol–water partition coefficient (Wildman–Crippen LogP) is 8.19. The number of quaternary nitrogens is 1. The molecule has 0 amide bonds. The summed E-state index contributed by atoms with van der Waals surface area (Å²) in [4.78, 5) is 0. The maximum absolute atomic E-state index is 2.41. The molecule has 1 heterocycles. The van der Waals surface area contributed by atoms with E-state index in [1.54, 1.807) is 0 Å². The molecule has 2 aromatic carbocycles. The number of likely N-dealkylation sites (tertiary alicyclic amines) is 1. The van der Waals surface area contributed by atoms with Crippen LogP contribution in [-0.2, 0) is 44.7 Å². The number of hydrogen-bond acceptors (Lipinski definition) is 0. The molecule has 0 bridgehead atoms. The number of benzene rings is 2. The van der Waals surface area contributed by atoms with Gasteiger partial charge in [0, 0.05) is 51.1 Å². The average Bonchev–Trinajstić information content (AvgIpc) is 3.07. The van der Waals surface area contributed by atoms with Crippen molar-refractivity contribution < 1.29 is 37.2 Å². The van der Waals surface area contributed by atoms with Crippen molar-refractivity contribution in [1.29, 1.82) is 0 Å². The summed E-state index contributed by atoms with van der Waals surface area (Å²) in [6, 6.07) is 20.4. The molecule has 3 rings (SSSR count). The van der Waals surface area contributed by atoms with Crippen LogP contribution < -0.4 is 0 Å². The number of rotatable bonds is 7. The zero-order valence-corrected chi connectivity index (χ0v) is 20.6. The molecule has 1 aliphatic rings. The molecule has 1 unspecified atom stereocenters. The van der Waals surface area contributed by atoms with E-state index in [1.807, 2.05) is 0 Å². The molecule has 1 nitrogen and oxygen atoms in total. The van der Waals surface area contributed by atoms with Crippen molar-refractivity contribution >= 4 is 0 Å². The Kier molecular flexibility index (Phi) is 14.6. The Balaban J connectivity index is 0. The summed E-state index contributed by atoms with van der Waals surface area (Å²) in [5.74, 6) is 0.614. The van der Waals surface area contributed by atoms with Gasteiger partial charge < -0.3 is 4.48 Å². The number of nitrogens with zero attached hydrogens (tertiary/aromatic N) is 1. The predicted molar refractivity (Wildman–Crippen MR) is 133 cm³/mol. The fourth-order valence-electron chi connectivity index (χ4n) is 4.43. The zero-order valence-electron chi connectivity index (χ0n) is 17.7. The molecule has 2 heteroatoms. The Hall–Kier alpha value is -0.496. The minimum absolute atomic E-state index is 0. The van der Waals surface area contributed by atoms with Crippen molar-refractivity contribution in [2.24, 2.45) is 0 Å². The third-order valence-electron chi connectivity index (χ3n) is 6.52. The first-order chi connectivity index (χ1) is 12.4. The van der Waals surface area contributed by atoms with Crippen LogP contribution in [0.1, 0.15) is 91.3 Å². The molecule has 1 atom stereocenters. The smallest absolute Gasteiger partial charge is 0.104 e. The summed E-state index contributed by atoms with van der Waals surface area (Å²) in [5, 5.41) is 0. The van der Waals surface area contributed by atoms with Gasteiger partial charge in [0.15, 0.2) is 0 Å². The summed E-state index contributed by atoms with van der Waals surface area (Å²) < 4.78 is 1.22. The first-order valence-corrected chi connectivity index (χ1v) is 10.4. The van der Waals surface area contributed by atoms with Gasteiger partial charge in [-0.25, -0.2) is 0 Å². The van der Waals surface area contributed by atoms with Crippen molar-refractivity contribution in [2.75, 3.05) is 20.1 Å². The summed E-state index contributed by atoms with van der Waals surface area (Å²) in [7, 11) is 2.41. The van der Waals surface area contributed by atoms with Gasteiger partial charge in [0.25, 0.3) is 0 Å². The van der Waals surface area contributed by atoms with E-state index in [4.69, 9.17) is 0 Å². The Morgan fingerprint density at radius 3 is 1.93 bits per heavy atom. The molecule has 0 aromatic heterocycles. The molecule has 0 aliphatic carbocycles. The third-order valence-corrected chi connectivity index (χ3v) is 6.52. The standard InChI is InChI=1S/C25H36N.3CH4.Y/c1-21(16-17-25(2,3)24-10-6-5-7-11-24)23-14-12-22(13-15-23)20-26(4)18-8-9-19-26;;;;/h5-7,10-15,21H,8-9,16-20H2,1-4H3;3*1H4;/q+1;;;;. The first kappa shape index (κ1) is 31.7. The molecule has 2 aromatic rings. The van der Waals surface area contributed by atoms with Crippen LogP contribution in [0.2, 0.25) is 0 Å². The molecule has 167 valence electrons. The van der Waals surface area contributed by atoms with E-state index >= 15 is 0 Å². The summed E-state index contributed by atoms with van der Waals surface area (Å²) >= 11 is 0. The van der Waals surface area contributed by atoms with Crippen LogP contribution in [0.3, 0.4) is 0 Å². The van der Waals surface area contributed by atoms with E-state index in [9.17, 15) is 0 Å². The van der Waals surface area contributed by atoms with Crippen molar-refractivity contribution in [2.45, 2.75) is 86.6 Å². The molecule has 1 aliphatic heterocycles. The normalized spacial score (nSPS) is 15.6. The first-order valence-electron chi connectivity index (χ1n) is 10.4. The van der Waals surface area contributed by atoms with E-state index in [1.165, 1.54) is 66.5 Å². The third kappa shape index (κ3) is 8.56. The fourth-order valence-corrected chi connectivity index (χ4v) is 4.43. The average molecular weight is 488 g/mol. The van der Waals surface area contributed by atoms with Crippen molar-refractivity contribution in [3.05, 3.63) is 71.3 Å². The van der Waals surface area contributed by atoms with Gasteiger partial charge in [-0.3, -0.25) is 0 Å². The molecular weight excluding hydrogens is 439 g/mol. The van der Waals surface area contributed by atoms with Crippen LogP contribution in [-0.4, -0.2) is 24.6 Å². The van der Waals surface area contributed by atoms with Crippen LogP contribution >= 0.6 is 0 Å². The van der Waals surface area contributed by atoms with Gasteiger partial charge in [-0.2, -0.15) is 0 Å². The van der Waals surface area contributed by atoms with Gasteiger partial charge in [0.2, 0.25) is 0 Å². The summed E-state index contributed by atoms with van der Waals surface area (Å²) in [5.41, 5.74) is 4.67. The second-order valence-electron chi connectivity index (χ2n) is 9.36. The van der Waals surface area contributed by atoms with Gasteiger partial charge in [-0.05, 0) is 35.3 Å². The summed E-state index contributed by atoms with van der Waals surface area (Å²) in [6.45, 7) is 11.0. The largest absolute Gasteiger partial charge is 0.322 e. The van der Waals surface area contributed by atoms with Gasteiger partial charge in [0.1, 0.15) is 6.54 Å². The van der Waals surface area contributed by atoms with E-state index in [2.05, 4.69) is 82.4 Å². The van der Waals surface area contributed by atoms with E-state index in [-0.39, 0.29) is 60.4 Å². The quantitative estimate of drug-likeness (QED) is 0.345. The Labute approximate surface area is 214 Å². The molecular formula is C28H48NY+. The van der Waals surface area contributed by atoms with E-state index in [0.717, 1.165) is 0 Å². The minimum atomic E-state index is 0. The molecule has 0 saturated carbocycles. The Morgan fingerprint density at radius 2 is 1.40 bits per heavy atom. The zero-order chi connectivity index (χ0) is 18.6. The van der Waals surface area contributed by atoms with Crippen LogP contribution in [0.5, 0.6) is 0 Å². The van der Waals surface area contributed by atoms with Gasteiger partial charge in [0.05, 0.1) is 20.1 Å². The topological polar surface area (TPSA) is 0 Å². The summed E-state index contributed by atoms with van der Waals surface area (Å²) in [6.07, 6.45) is 5.23. The molecule has 0 N–H and O–H groups in total. The van der Waals surface area contributed by atoms with E-state index in [0.29, 0.717) is 5.92 Å². The SMILES string of the molecule is C.C.C.CC(CCC(C)(C)c1ccccc1)c1ccc(C[N+]2(C)CCCC2)cc1.[Y].